The number of methoxy groups -OCH3 is 1. The largest absolute Gasteiger partial charge is 0.466 e. The Hall–Kier alpha value is -0.610. The third kappa shape index (κ3) is 6.39. The van der Waals surface area contributed by atoms with E-state index in [4.69, 9.17) is 9.47 Å². The maximum atomic E-state index is 11.2. The maximum Gasteiger partial charge on any atom is 0.305 e. The summed E-state index contributed by atoms with van der Waals surface area (Å²) < 4.78 is 10.3. The number of hydrogen-bond acceptors (Lipinski definition) is 4. The van der Waals surface area contributed by atoms with Gasteiger partial charge in [-0.25, -0.2) is 0 Å². The van der Waals surface area contributed by atoms with Crippen LogP contribution in [0.2, 0.25) is 0 Å². The predicted molar refractivity (Wildman–Crippen MR) is 76.2 cm³/mol. The molecule has 19 heavy (non-hydrogen) atoms. The van der Waals surface area contributed by atoms with Gasteiger partial charge in [0, 0.05) is 26.1 Å². The smallest absolute Gasteiger partial charge is 0.305 e. The molecule has 2 atom stereocenters. The lowest BCUT2D eigenvalue weighted by Crippen LogP contribution is -2.43. The van der Waals surface area contributed by atoms with Gasteiger partial charge in [-0.2, -0.15) is 0 Å². The quantitative estimate of drug-likeness (QED) is 0.502. The Labute approximate surface area is 117 Å². The number of unbranched alkanes of at least 4 members (excludes halogenated alkanes) is 2. The lowest BCUT2D eigenvalue weighted by atomic mass is 10.00. The highest BCUT2D eigenvalue weighted by atomic mass is 16.5. The Morgan fingerprint density at radius 2 is 2.11 bits per heavy atom. The fourth-order valence-electron chi connectivity index (χ4n) is 2.72. The second-order valence-electron chi connectivity index (χ2n) is 5.38. The van der Waals surface area contributed by atoms with Crippen LogP contribution in [0.3, 0.4) is 0 Å². The summed E-state index contributed by atoms with van der Waals surface area (Å²) in [5.74, 6) is -0.0585. The molecule has 112 valence electrons. The van der Waals surface area contributed by atoms with Crippen LogP contribution in [0.5, 0.6) is 0 Å². The zero-order chi connectivity index (χ0) is 14.1. The molecule has 0 aromatic carbocycles. The molecule has 0 spiro atoms. The van der Waals surface area contributed by atoms with Crippen LogP contribution >= 0.6 is 0 Å². The van der Waals surface area contributed by atoms with E-state index in [2.05, 4.69) is 11.8 Å². The molecule has 0 amide bonds. The number of ether oxygens (including phenoxy) is 2. The number of nitrogens with zero attached hydrogens (tertiary/aromatic N) is 1. The molecule has 1 rings (SSSR count). The van der Waals surface area contributed by atoms with Gasteiger partial charge in [0.1, 0.15) is 0 Å². The molecule has 2 unspecified atom stereocenters. The molecule has 1 saturated heterocycles. The number of carbonyl (C=O) groups excluding carboxylic acids is 1. The van der Waals surface area contributed by atoms with E-state index in [0.29, 0.717) is 25.2 Å². The number of likely N-dealkylation sites (tertiary alicyclic amines) is 1. The molecule has 1 fully saturated rings. The number of hydrogen-bond donors (Lipinski definition) is 0. The summed E-state index contributed by atoms with van der Waals surface area (Å²) in [7, 11) is 1.81. The first-order chi connectivity index (χ1) is 9.17. The van der Waals surface area contributed by atoms with Crippen molar-refractivity contribution in [3.63, 3.8) is 0 Å². The van der Waals surface area contributed by atoms with Gasteiger partial charge in [0.05, 0.1) is 12.7 Å². The summed E-state index contributed by atoms with van der Waals surface area (Å²) >= 11 is 0. The average molecular weight is 271 g/mol. The number of esters is 1. The summed E-state index contributed by atoms with van der Waals surface area (Å²) in [6, 6.07) is 0.615. The Morgan fingerprint density at radius 1 is 1.32 bits per heavy atom. The van der Waals surface area contributed by atoms with E-state index in [1.807, 2.05) is 14.0 Å². The van der Waals surface area contributed by atoms with E-state index in [-0.39, 0.29) is 5.97 Å². The fourth-order valence-corrected chi connectivity index (χ4v) is 2.72. The van der Waals surface area contributed by atoms with Crippen LogP contribution in [0.4, 0.5) is 0 Å². The molecular weight excluding hydrogens is 242 g/mol. The lowest BCUT2D eigenvalue weighted by molar-refractivity contribution is -0.143. The number of rotatable bonds is 8. The van der Waals surface area contributed by atoms with Crippen LogP contribution in [-0.4, -0.2) is 49.8 Å². The van der Waals surface area contributed by atoms with E-state index < -0.39 is 0 Å². The lowest BCUT2D eigenvalue weighted by Gasteiger charge is -2.37. The van der Waals surface area contributed by atoms with Crippen molar-refractivity contribution in [1.82, 2.24) is 4.90 Å². The molecule has 4 heteroatoms. The SMILES string of the molecule is CCOC(=O)CCCCCN1CCC(OC)CC1C. The molecule has 0 aromatic heterocycles. The van der Waals surface area contributed by atoms with Crippen molar-refractivity contribution in [2.24, 2.45) is 0 Å². The standard InChI is InChI=1S/C15H29NO3/c1-4-19-15(17)8-6-5-7-10-16-11-9-14(18-3)12-13(16)2/h13-14H,4-12H2,1-3H3. The van der Waals surface area contributed by atoms with Gasteiger partial charge in [-0.15, -0.1) is 0 Å². The molecule has 0 aliphatic carbocycles. The van der Waals surface area contributed by atoms with Crippen molar-refractivity contribution < 1.29 is 14.3 Å². The van der Waals surface area contributed by atoms with E-state index >= 15 is 0 Å². The van der Waals surface area contributed by atoms with E-state index in [1.165, 1.54) is 6.42 Å². The zero-order valence-electron chi connectivity index (χ0n) is 12.7. The summed E-state index contributed by atoms with van der Waals surface area (Å²) in [5, 5.41) is 0. The first kappa shape index (κ1) is 16.4. The molecular formula is C15H29NO3. The van der Waals surface area contributed by atoms with Gasteiger partial charge in [0.2, 0.25) is 0 Å². The highest BCUT2D eigenvalue weighted by molar-refractivity contribution is 5.69. The molecule has 0 aromatic rings. The Bertz CT molecular complexity index is 258. The van der Waals surface area contributed by atoms with Crippen molar-refractivity contribution in [2.45, 2.75) is 64.5 Å². The maximum absolute atomic E-state index is 11.2. The molecule has 1 aliphatic heterocycles. The van der Waals surface area contributed by atoms with Gasteiger partial charge in [0.15, 0.2) is 0 Å². The highest BCUT2D eigenvalue weighted by Gasteiger charge is 2.24. The molecule has 4 nitrogen and oxygen atoms in total. The van der Waals surface area contributed by atoms with Gasteiger partial charge >= 0.3 is 5.97 Å². The summed E-state index contributed by atoms with van der Waals surface area (Å²) in [5.41, 5.74) is 0. The van der Waals surface area contributed by atoms with Crippen LogP contribution in [0.25, 0.3) is 0 Å². The van der Waals surface area contributed by atoms with Crippen molar-refractivity contribution >= 4 is 5.97 Å². The fraction of sp³-hybridized carbons (Fsp3) is 0.933. The van der Waals surface area contributed by atoms with Crippen LogP contribution in [0.1, 0.15) is 52.4 Å². The molecule has 0 radical (unpaired) electrons. The van der Waals surface area contributed by atoms with Gasteiger partial charge in [-0.1, -0.05) is 6.42 Å². The molecule has 0 N–H and O–H groups in total. The van der Waals surface area contributed by atoms with E-state index in [0.717, 1.165) is 38.8 Å². The van der Waals surface area contributed by atoms with Gasteiger partial charge in [-0.3, -0.25) is 4.79 Å². The van der Waals surface area contributed by atoms with E-state index in [9.17, 15) is 4.79 Å². The highest BCUT2D eigenvalue weighted by Crippen LogP contribution is 2.19. The topological polar surface area (TPSA) is 38.8 Å². The number of carbonyl (C=O) groups is 1. The first-order valence-electron chi connectivity index (χ1n) is 7.59. The van der Waals surface area contributed by atoms with Gasteiger partial charge < -0.3 is 14.4 Å². The first-order valence-corrected chi connectivity index (χ1v) is 7.59. The normalized spacial score (nSPS) is 24.4. The van der Waals surface area contributed by atoms with Crippen molar-refractivity contribution in [2.75, 3.05) is 26.8 Å². The third-order valence-electron chi connectivity index (χ3n) is 3.93. The summed E-state index contributed by atoms with van der Waals surface area (Å²) in [4.78, 5) is 13.7. The second kappa shape index (κ2) is 9.32. The molecule has 1 heterocycles. The van der Waals surface area contributed by atoms with Gasteiger partial charge in [-0.05, 0) is 46.1 Å². The van der Waals surface area contributed by atoms with Crippen molar-refractivity contribution in [1.29, 1.82) is 0 Å². The zero-order valence-corrected chi connectivity index (χ0v) is 12.7. The monoisotopic (exact) mass is 271 g/mol. The Balaban J connectivity index is 2.05. The minimum atomic E-state index is -0.0585. The van der Waals surface area contributed by atoms with E-state index in [1.54, 1.807) is 0 Å². The minimum absolute atomic E-state index is 0.0585. The van der Waals surface area contributed by atoms with Crippen LogP contribution < -0.4 is 0 Å². The van der Waals surface area contributed by atoms with Crippen molar-refractivity contribution in [3.8, 4) is 0 Å². The summed E-state index contributed by atoms with van der Waals surface area (Å²) in [6.45, 7) is 6.90. The molecule has 0 bridgehead atoms. The average Bonchev–Trinajstić information content (AvgIpc) is 2.40. The summed E-state index contributed by atoms with van der Waals surface area (Å²) in [6.07, 6.45) is 6.51. The van der Waals surface area contributed by atoms with Crippen LogP contribution in [0.15, 0.2) is 0 Å². The van der Waals surface area contributed by atoms with Crippen LogP contribution in [0, 0.1) is 0 Å². The minimum Gasteiger partial charge on any atom is -0.466 e. The molecule has 1 aliphatic rings. The molecule has 0 saturated carbocycles. The van der Waals surface area contributed by atoms with Crippen LogP contribution in [-0.2, 0) is 14.3 Å². The van der Waals surface area contributed by atoms with Gasteiger partial charge in [0.25, 0.3) is 0 Å². The van der Waals surface area contributed by atoms with Crippen molar-refractivity contribution in [3.05, 3.63) is 0 Å². The predicted octanol–water partition coefficient (Wildman–Crippen LogP) is 2.61. The third-order valence-corrected chi connectivity index (χ3v) is 3.93. The number of piperidine rings is 1. The second-order valence-corrected chi connectivity index (χ2v) is 5.38. The Morgan fingerprint density at radius 3 is 2.74 bits per heavy atom. The Kier molecular flexibility index (Phi) is 8.07.